The van der Waals surface area contributed by atoms with E-state index in [9.17, 15) is 0 Å². The average molecular weight is 213 g/mol. The van der Waals surface area contributed by atoms with Gasteiger partial charge in [-0.2, -0.15) is 0 Å². The fraction of sp³-hybridized carbons (Fsp3) is 0.833. The van der Waals surface area contributed by atoms with E-state index in [2.05, 4.69) is 52.3 Å². The van der Waals surface area contributed by atoms with Crippen molar-refractivity contribution < 1.29 is 0 Å². The third kappa shape index (κ3) is 5.48. The molecule has 1 nitrogen and oxygen atoms in total. The molecular weight excluding hydrogens is 186 g/mol. The molecule has 0 radical (unpaired) electrons. The maximum absolute atomic E-state index is 4.25. The zero-order valence-corrected chi connectivity index (χ0v) is 12.0. The Morgan fingerprint density at radius 3 is 1.64 bits per heavy atom. The molecule has 0 bridgehead atoms. The lowest BCUT2D eigenvalue weighted by Gasteiger charge is -2.32. The summed E-state index contributed by atoms with van der Waals surface area (Å²) in [6.45, 7) is 20.4. The third-order valence-corrected chi connectivity index (χ3v) is 3.94. The zero-order chi connectivity index (χ0) is 11.3. The summed E-state index contributed by atoms with van der Waals surface area (Å²) in [5.74, 6) is 1.47. The van der Waals surface area contributed by atoms with Gasteiger partial charge in [0.2, 0.25) is 0 Å². The lowest BCUT2D eigenvalue weighted by atomic mass is 10.1. The monoisotopic (exact) mass is 213 g/mol. The van der Waals surface area contributed by atoms with Gasteiger partial charge in [-0.15, -0.1) is 0 Å². The van der Waals surface area contributed by atoms with Crippen molar-refractivity contribution >= 4 is 8.80 Å². The third-order valence-electron chi connectivity index (χ3n) is 2.24. The van der Waals surface area contributed by atoms with E-state index in [4.69, 9.17) is 0 Å². The number of hydrogen-bond acceptors (Lipinski definition) is 1. The first-order valence-electron chi connectivity index (χ1n) is 5.78. The van der Waals surface area contributed by atoms with Crippen LogP contribution in [0.5, 0.6) is 0 Å². The van der Waals surface area contributed by atoms with E-state index in [0.29, 0.717) is 0 Å². The standard InChI is InChI=1S/C12H27NSi/c1-10(2)8-13(9-11(3)4)12(5)14(6)7/h10-11,14H,5,8-9H2,1-4,6-7H3. The molecular formula is C12H27NSi. The summed E-state index contributed by atoms with van der Waals surface area (Å²) < 4.78 is 0. The second kappa shape index (κ2) is 6.28. The topological polar surface area (TPSA) is 3.24 Å². The predicted molar refractivity (Wildman–Crippen MR) is 69.3 cm³/mol. The van der Waals surface area contributed by atoms with Crippen molar-refractivity contribution in [3.63, 3.8) is 0 Å². The summed E-state index contributed by atoms with van der Waals surface area (Å²) in [6, 6.07) is 0. The van der Waals surface area contributed by atoms with Crippen LogP contribution in [-0.2, 0) is 0 Å². The highest BCUT2D eigenvalue weighted by molar-refractivity contribution is 6.63. The molecule has 0 aliphatic rings. The number of hydrogen-bond donors (Lipinski definition) is 0. The molecule has 0 amide bonds. The molecule has 0 spiro atoms. The summed E-state index contributed by atoms with van der Waals surface area (Å²) in [5, 5.41) is 1.42. The Kier molecular flexibility index (Phi) is 6.17. The predicted octanol–water partition coefficient (Wildman–Crippen LogP) is 3.14. The second-order valence-electron chi connectivity index (χ2n) is 5.34. The van der Waals surface area contributed by atoms with Crippen molar-refractivity contribution in [1.29, 1.82) is 0 Å². The van der Waals surface area contributed by atoms with Gasteiger partial charge < -0.3 is 4.90 Å². The van der Waals surface area contributed by atoms with E-state index >= 15 is 0 Å². The first-order chi connectivity index (χ1) is 6.34. The fourth-order valence-electron chi connectivity index (χ4n) is 1.56. The molecule has 0 saturated carbocycles. The minimum absolute atomic E-state index is 0.709. The minimum Gasteiger partial charge on any atom is -0.379 e. The van der Waals surface area contributed by atoms with Gasteiger partial charge in [-0.05, 0) is 17.2 Å². The molecule has 0 rings (SSSR count). The smallest absolute Gasteiger partial charge is 0.0843 e. The Balaban J connectivity index is 4.31. The van der Waals surface area contributed by atoms with E-state index in [0.717, 1.165) is 11.8 Å². The molecule has 0 aromatic carbocycles. The molecule has 14 heavy (non-hydrogen) atoms. The Bertz CT molecular complexity index is 163. The summed E-state index contributed by atoms with van der Waals surface area (Å²) in [5.41, 5.74) is 0. The normalized spacial score (nSPS) is 11.5. The first-order valence-corrected chi connectivity index (χ1v) is 8.67. The van der Waals surface area contributed by atoms with Crippen LogP contribution in [0.4, 0.5) is 0 Å². The lowest BCUT2D eigenvalue weighted by molar-refractivity contribution is 0.287. The van der Waals surface area contributed by atoms with Gasteiger partial charge >= 0.3 is 0 Å². The van der Waals surface area contributed by atoms with Crippen LogP contribution in [0.2, 0.25) is 13.1 Å². The van der Waals surface area contributed by atoms with Gasteiger partial charge in [0.25, 0.3) is 0 Å². The van der Waals surface area contributed by atoms with E-state index < -0.39 is 8.80 Å². The molecule has 84 valence electrons. The van der Waals surface area contributed by atoms with Crippen molar-refractivity contribution in [2.45, 2.75) is 40.8 Å². The van der Waals surface area contributed by atoms with Crippen LogP contribution in [0.3, 0.4) is 0 Å². The Labute approximate surface area is 91.8 Å². The highest BCUT2D eigenvalue weighted by Gasteiger charge is 2.14. The lowest BCUT2D eigenvalue weighted by Crippen LogP contribution is -2.34. The SMILES string of the molecule is C=C(N(CC(C)C)CC(C)C)[SiH](C)C. The van der Waals surface area contributed by atoms with Gasteiger partial charge in [-0.3, -0.25) is 0 Å². The van der Waals surface area contributed by atoms with Crippen LogP contribution in [-0.4, -0.2) is 26.8 Å². The maximum atomic E-state index is 4.25. The maximum Gasteiger partial charge on any atom is 0.0843 e. The molecule has 0 heterocycles. The van der Waals surface area contributed by atoms with Crippen molar-refractivity contribution in [3.05, 3.63) is 11.9 Å². The molecule has 0 saturated heterocycles. The quantitative estimate of drug-likeness (QED) is 0.613. The van der Waals surface area contributed by atoms with Crippen LogP contribution in [0.15, 0.2) is 11.9 Å². The zero-order valence-electron chi connectivity index (χ0n) is 10.8. The summed E-state index contributed by atoms with van der Waals surface area (Å²) in [6.07, 6.45) is 0. The van der Waals surface area contributed by atoms with Gasteiger partial charge in [0.1, 0.15) is 0 Å². The van der Waals surface area contributed by atoms with E-state index in [1.807, 2.05) is 0 Å². The van der Waals surface area contributed by atoms with Crippen molar-refractivity contribution in [3.8, 4) is 0 Å². The van der Waals surface area contributed by atoms with Crippen molar-refractivity contribution in [1.82, 2.24) is 4.90 Å². The molecule has 0 N–H and O–H groups in total. The van der Waals surface area contributed by atoms with Crippen LogP contribution < -0.4 is 0 Å². The molecule has 0 aromatic heterocycles. The van der Waals surface area contributed by atoms with Crippen LogP contribution in [0.1, 0.15) is 27.7 Å². The molecule has 2 heteroatoms. The average Bonchev–Trinajstić information content (AvgIpc) is 1.99. The second-order valence-corrected chi connectivity index (χ2v) is 8.31. The van der Waals surface area contributed by atoms with Gasteiger partial charge in [-0.1, -0.05) is 47.4 Å². The Hall–Kier alpha value is -0.243. The van der Waals surface area contributed by atoms with Crippen LogP contribution >= 0.6 is 0 Å². The van der Waals surface area contributed by atoms with Gasteiger partial charge in [0.15, 0.2) is 0 Å². The van der Waals surface area contributed by atoms with Gasteiger partial charge in [0, 0.05) is 13.1 Å². The number of nitrogens with zero attached hydrogens (tertiary/aromatic N) is 1. The van der Waals surface area contributed by atoms with E-state index in [1.54, 1.807) is 0 Å². The molecule has 0 unspecified atom stereocenters. The van der Waals surface area contributed by atoms with E-state index in [-0.39, 0.29) is 0 Å². The van der Waals surface area contributed by atoms with Gasteiger partial charge in [0.05, 0.1) is 8.80 Å². The van der Waals surface area contributed by atoms with Crippen LogP contribution in [0.25, 0.3) is 0 Å². The molecule has 0 atom stereocenters. The minimum atomic E-state index is -0.709. The highest BCUT2D eigenvalue weighted by Crippen LogP contribution is 2.12. The molecule has 0 aliphatic heterocycles. The highest BCUT2D eigenvalue weighted by atomic mass is 28.3. The molecule has 0 aliphatic carbocycles. The van der Waals surface area contributed by atoms with Gasteiger partial charge in [-0.25, -0.2) is 0 Å². The fourth-order valence-corrected chi connectivity index (χ4v) is 2.50. The first kappa shape index (κ1) is 13.8. The summed E-state index contributed by atoms with van der Waals surface area (Å²) in [4.78, 5) is 2.51. The largest absolute Gasteiger partial charge is 0.379 e. The number of rotatable bonds is 6. The molecule has 0 aromatic rings. The summed E-state index contributed by atoms with van der Waals surface area (Å²) in [7, 11) is -0.709. The van der Waals surface area contributed by atoms with Crippen molar-refractivity contribution in [2.24, 2.45) is 11.8 Å². The van der Waals surface area contributed by atoms with E-state index in [1.165, 1.54) is 18.4 Å². The Morgan fingerprint density at radius 1 is 1.07 bits per heavy atom. The van der Waals surface area contributed by atoms with Crippen molar-refractivity contribution in [2.75, 3.05) is 13.1 Å². The Morgan fingerprint density at radius 2 is 1.43 bits per heavy atom. The summed E-state index contributed by atoms with van der Waals surface area (Å²) >= 11 is 0. The molecule has 0 fully saturated rings. The van der Waals surface area contributed by atoms with Crippen LogP contribution in [0, 0.1) is 11.8 Å².